The van der Waals surface area contributed by atoms with Crippen LogP contribution in [0.1, 0.15) is 116 Å². The van der Waals surface area contributed by atoms with E-state index in [1.807, 2.05) is 36.4 Å². The number of fused-ring (bicyclic) bond motifs is 1. The summed E-state index contributed by atoms with van der Waals surface area (Å²) in [5, 5.41) is 2.78. The van der Waals surface area contributed by atoms with Crippen LogP contribution in [-0.2, 0) is 47.7 Å². The molecule has 0 bridgehead atoms. The molecule has 404 valence electrons. The average Bonchev–Trinajstić information content (AvgIpc) is 4.08. The molecule has 5 fully saturated rings. The predicted molar refractivity (Wildman–Crippen MR) is 290 cm³/mol. The Morgan fingerprint density at radius 2 is 0.842 bits per heavy atom. The third-order valence-corrected chi connectivity index (χ3v) is 18.8. The number of rotatable bonds is 20. The van der Waals surface area contributed by atoms with Gasteiger partial charge in [0, 0.05) is 25.0 Å². The number of amides is 2. The van der Waals surface area contributed by atoms with Crippen LogP contribution in [0.4, 0.5) is 11.4 Å². The van der Waals surface area contributed by atoms with Gasteiger partial charge in [0.1, 0.15) is 17.1 Å². The summed E-state index contributed by atoms with van der Waals surface area (Å²) in [5.74, 6) is -0.168. The summed E-state index contributed by atoms with van der Waals surface area (Å²) in [4.78, 5) is 81.2. The summed E-state index contributed by atoms with van der Waals surface area (Å²) in [5.41, 5.74) is 1.03. The van der Waals surface area contributed by atoms with Crippen LogP contribution in [0.2, 0.25) is 0 Å². The molecule has 1 saturated heterocycles. The summed E-state index contributed by atoms with van der Waals surface area (Å²) in [7, 11) is 0. The zero-order valence-electron chi connectivity index (χ0n) is 43.3. The molecule has 3 aromatic rings. The molecule has 0 spiro atoms. The van der Waals surface area contributed by atoms with E-state index in [9.17, 15) is 28.8 Å². The monoisotopic (exact) mass is 1070 g/mol. The molecule has 3 aromatic carbocycles. The molecule has 4 saturated carbocycles. The standard InChI is InChI=1S/C60H70N2O12S2/c1-3-51(63)71-37-11-35-69-47-29-25-41(26-30-47)39-17-21-43(22-18-39)58(67)73-49-33-34-50(74-59(68)44-23-19-40(20-24-44)42-27-31-48(32-28-42)70-36-12-38-72-52(64)4-2)55-54(49)75-60(76-55)53-56(65)61(45-13-7-5-8-14-45)62(57(53)66)46-15-9-6-10-16-46/h3-10,13-16,33-34,39-44,47-48H,1-2,11-12,17-32,35-38H2. The fourth-order valence-electron chi connectivity index (χ4n) is 12.0. The van der Waals surface area contributed by atoms with Crippen molar-refractivity contribution in [3.8, 4) is 11.5 Å². The largest absolute Gasteiger partial charge is 0.462 e. The Hall–Kier alpha value is -5.68. The first-order chi connectivity index (χ1) is 37.1. The first-order valence-electron chi connectivity index (χ1n) is 27.4. The molecular formula is C60H70N2O12S2. The Balaban J connectivity index is 0.846. The molecule has 0 N–H and O–H groups in total. The summed E-state index contributed by atoms with van der Waals surface area (Å²) in [6.07, 6.45) is 19.0. The lowest BCUT2D eigenvalue weighted by atomic mass is 9.70. The minimum Gasteiger partial charge on any atom is -0.462 e. The Morgan fingerprint density at radius 1 is 0.487 bits per heavy atom. The van der Waals surface area contributed by atoms with Gasteiger partial charge in [-0.3, -0.25) is 19.2 Å². The molecule has 6 aliphatic rings. The lowest BCUT2D eigenvalue weighted by molar-refractivity contribution is -0.142. The van der Waals surface area contributed by atoms with Crippen molar-refractivity contribution in [2.45, 2.75) is 138 Å². The van der Waals surface area contributed by atoms with E-state index in [1.165, 1.54) is 33.5 Å². The second-order valence-electron chi connectivity index (χ2n) is 20.8. The van der Waals surface area contributed by atoms with Crippen LogP contribution in [0.3, 0.4) is 0 Å². The summed E-state index contributed by atoms with van der Waals surface area (Å²) in [6.45, 7) is 8.60. The number of benzene rings is 3. The highest BCUT2D eigenvalue weighted by atomic mass is 32.2. The number of anilines is 2. The maximum Gasteiger partial charge on any atom is 0.330 e. The first kappa shape index (κ1) is 55.1. The normalized spacial score (nSPS) is 25.6. The van der Waals surface area contributed by atoms with Crippen LogP contribution in [-0.4, -0.2) is 74.3 Å². The van der Waals surface area contributed by atoms with Gasteiger partial charge in [0.2, 0.25) is 0 Å². The molecule has 0 aromatic heterocycles. The van der Waals surface area contributed by atoms with Crippen LogP contribution in [0.15, 0.2) is 118 Å². The molecule has 4 aliphatic carbocycles. The topological polar surface area (TPSA) is 164 Å². The average molecular weight is 1080 g/mol. The lowest BCUT2D eigenvalue weighted by Crippen LogP contribution is -2.41. The van der Waals surface area contributed by atoms with E-state index in [1.54, 1.807) is 36.4 Å². The Labute approximate surface area is 454 Å². The second-order valence-corrected chi connectivity index (χ2v) is 23.1. The summed E-state index contributed by atoms with van der Waals surface area (Å²) < 4.78 is 35.3. The highest BCUT2D eigenvalue weighted by molar-refractivity contribution is 8.25. The van der Waals surface area contributed by atoms with E-state index in [2.05, 4.69) is 13.2 Å². The van der Waals surface area contributed by atoms with Crippen LogP contribution in [0, 0.1) is 35.5 Å². The predicted octanol–water partition coefficient (Wildman–Crippen LogP) is 11.9. The van der Waals surface area contributed by atoms with Crippen molar-refractivity contribution in [1.29, 1.82) is 0 Å². The van der Waals surface area contributed by atoms with Gasteiger partial charge in [0.25, 0.3) is 11.8 Å². The third kappa shape index (κ3) is 13.5. The van der Waals surface area contributed by atoms with Crippen molar-refractivity contribution in [3.63, 3.8) is 0 Å². The first-order valence-corrected chi connectivity index (χ1v) is 29.0. The van der Waals surface area contributed by atoms with Gasteiger partial charge < -0.3 is 28.4 Å². The Morgan fingerprint density at radius 3 is 1.20 bits per heavy atom. The van der Waals surface area contributed by atoms with E-state index in [-0.39, 0.29) is 41.6 Å². The third-order valence-electron chi connectivity index (χ3n) is 16.2. The van der Waals surface area contributed by atoms with Gasteiger partial charge >= 0.3 is 23.9 Å². The zero-order chi connectivity index (χ0) is 53.0. The number of esters is 4. The molecule has 0 radical (unpaired) electrons. The molecule has 0 unspecified atom stereocenters. The minimum atomic E-state index is -0.497. The molecular weight excluding hydrogens is 1000 g/mol. The van der Waals surface area contributed by atoms with Crippen molar-refractivity contribution in [3.05, 3.63) is 108 Å². The smallest absolute Gasteiger partial charge is 0.330 e. The molecule has 2 amide bonds. The number of ether oxygens (including phenoxy) is 6. The Kier molecular flexibility index (Phi) is 19.3. The van der Waals surface area contributed by atoms with Crippen molar-refractivity contribution in [1.82, 2.24) is 0 Å². The highest BCUT2D eigenvalue weighted by Gasteiger charge is 2.47. The molecule has 9 rings (SSSR count). The SMILES string of the molecule is C=CC(=O)OCCCOC1CCC(C2CCC(C(=O)Oc3ccc(OC(=O)C4CCC(C5CCC(OCCCOC(=O)C=C)CC5)CC4)c4c3SC(=C3C(=O)N(c5ccccc5)N(c5ccccc5)C3=O)S4)CC2)CC1. The van der Waals surface area contributed by atoms with Crippen LogP contribution < -0.4 is 19.5 Å². The van der Waals surface area contributed by atoms with Crippen LogP contribution in [0.25, 0.3) is 0 Å². The van der Waals surface area contributed by atoms with Gasteiger partial charge in [-0.25, -0.2) is 19.6 Å². The Bertz CT molecular complexity index is 2420. The number of thioether (sulfide) groups is 2. The fourth-order valence-corrected chi connectivity index (χ4v) is 14.7. The molecule has 76 heavy (non-hydrogen) atoms. The number of para-hydroxylation sites is 2. The summed E-state index contributed by atoms with van der Waals surface area (Å²) in [6, 6.07) is 21.5. The molecule has 0 atom stereocenters. The van der Waals surface area contributed by atoms with E-state index in [4.69, 9.17) is 28.4 Å². The number of carbonyl (C=O) groups is 6. The van der Waals surface area contributed by atoms with Crippen LogP contribution in [0.5, 0.6) is 11.5 Å². The number of hydrogen-bond acceptors (Lipinski definition) is 14. The molecule has 14 nitrogen and oxygen atoms in total. The van der Waals surface area contributed by atoms with E-state index >= 15 is 0 Å². The zero-order valence-corrected chi connectivity index (χ0v) is 44.9. The van der Waals surface area contributed by atoms with Gasteiger partial charge in [-0.15, -0.1) is 0 Å². The van der Waals surface area contributed by atoms with Gasteiger partial charge in [-0.05, 0) is 163 Å². The lowest BCUT2D eigenvalue weighted by Gasteiger charge is -2.37. The second kappa shape index (κ2) is 26.6. The van der Waals surface area contributed by atoms with Crippen molar-refractivity contribution < 1.29 is 57.2 Å². The fraction of sp³-hybridized carbons (Fsp3) is 0.500. The van der Waals surface area contributed by atoms with Gasteiger partial charge in [-0.2, -0.15) is 0 Å². The highest BCUT2D eigenvalue weighted by Crippen LogP contribution is 2.60. The summed E-state index contributed by atoms with van der Waals surface area (Å²) >= 11 is 2.39. The number of hydrazine groups is 1. The number of hydrogen-bond donors (Lipinski definition) is 0. The van der Waals surface area contributed by atoms with Crippen molar-refractivity contribution >= 4 is 70.6 Å². The number of nitrogens with zero attached hydrogens (tertiary/aromatic N) is 2. The van der Waals surface area contributed by atoms with Gasteiger partial charge in [0.05, 0.1) is 75.9 Å². The van der Waals surface area contributed by atoms with Crippen molar-refractivity contribution in [2.75, 3.05) is 36.4 Å². The van der Waals surface area contributed by atoms with Gasteiger partial charge in [-0.1, -0.05) is 73.1 Å². The maximum absolute atomic E-state index is 14.6. The van der Waals surface area contributed by atoms with Crippen LogP contribution >= 0.6 is 23.5 Å². The minimum absolute atomic E-state index is 0.0237. The van der Waals surface area contributed by atoms with E-state index in [0.717, 1.165) is 115 Å². The van der Waals surface area contributed by atoms with Gasteiger partial charge in [0.15, 0.2) is 0 Å². The van der Waals surface area contributed by atoms with E-state index in [0.29, 0.717) is 99.8 Å². The molecule has 16 heteroatoms. The van der Waals surface area contributed by atoms with Crippen molar-refractivity contribution in [2.24, 2.45) is 35.5 Å². The molecule has 2 aliphatic heterocycles. The number of carbonyl (C=O) groups excluding carboxylic acids is 6. The van der Waals surface area contributed by atoms with E-state index < -0.39 is 23.8 Å². The maximum atomic E-state index is 14.6. The molecule has 2 heterocycles. The quantitative estimate of drug-likeness (QED) is 0.0345.